The highest BCUT2D eigenvalue weighted by Crippen LogP contribution is 2.16. The number of aliphatic hydroxyl groups is 1. The Bertz CT molecular complexity index is 347. The lowest BCUT2D eigenvalue weighted by Gasteiger charge is -1.99. The van der Waals surface area contributed by atoms with E-state index in [1.807, 2.05) is 19.1 Å². The molecule has 1 N–H and O–H groups in total. The molecule has 1 nitrogen and oxygen atoms in total. The number of benzene rings is 1. The van der Waals surface area contributed by atoms with Crippen LogP contribution in [0.1, 0.15) is 24.5 Å². The average Bonchev–Trinajstić information content (AvgIpc) is 2.16. The van der Waals surface area contributed by atoms with Crippen molar-refractivity contribution in [2.24, 2.45) is 0 Å². The molecule has 68 valence electrons. The normalized spacial score (nSPS) is 9.15. The number of rotatable bonds is 1. The molecule has 13 heavy (non-hydrogen) atoms. The molecule has 1 aromatic carbocycles. The SMILES string of the molecule is CCC#Cc1ccc(Cl)c(CO)c1. The predicted molar refractivity (Wildman–Crippen MR) is 54.5 cm³/mol. The highest BCUT2D eigenvalue weighted by atomic mass is 35.5. The summed E-state index contributed by atoms with van der Waals surface area (Å²) < 4.78 is 0. The number of hydrogen-bond acceptors (Lipinski definition) is 1. The third-order valence-electron chi connectivity index (χ3n) is 1.63. The zero-order valence-corrected chi connectivity index (χ0v) is 8.23. The van der Waals surface area contributed by atoms with Crippen molar-refractivity contribution in [3.05, 3.63) is 34.3 Å². The quantitative estimate of drug-likeness (QED) is 0.682. The molecule has 1 aromatic rings. The van der Waals surface area contributed by atoms with E-state index in [-0.39, 0.29) is 6.61 Å². The molecule has 0 saturated carbocycles. The molecule has 0 aromatic heterocycles. The fraction of sp³-hybridized carbons (Fsp3) is 0.273. The van der Waals surface area contributed by atoms with Crippen LogP contribution in [0, 0.1) is 11.8 Å². The first-order valence-electron chi connectivity index (χ1n) is 4.16. The van der Waals surface area contributed by atoms with E-state index >= 15 is 0 Å². The Kier molecular flexibility index (Phi) is 3.82. The first kappa shape index (κ1) is 10.1. The van der Waals surface area contributed by atoms with Gasteiger partial charge in [-0.3, -0.25) is 0 Å². The van der Waals surface area contributed by atoms with Gasteiger partial charge in [-0.05, 0) is 23.8 Å². The lowest BCUT2D eigenvalue weighted by molar-refractivity contribution is 0.282. The van der Waals surface area contributed by atoms with Crippen LogP contribution in [0.15, 0.2) is 18.2 Å². The van der Waals surface area contributed by atoms with Crippen LogP contribution in [-0.2, 0) is 6.61 Å². The predicted octanol–water partition coefficient (Wildman–Crippen LogP) is 2.59. The summed E-state index contributed by atoms with van der Waals surface area (Å²) in [6, 6.07) is 5.42. The second kappa shape index (κ2) is 4.91. The smallest absolute Gasteiger partial charge is 0.0696 e. The molecule has 2 heteroatoms. The molecule has 0 bridgehead atoms. The molecule has 1 rings (SSSR count). The van der Waals surface area contributed by atoms with Gasteiger partial charge in [0.25, 0.3) is 0 Å². The zero-order valence-electron chi connectivity index (χ0n) is 7.47. The molecule has 0 amide bonds. The Labute approximate surface area is 83.4 Å². The van der Waals surface area contributed by atoms with E-state index in [0.29, 0.717) is 5.02 Å². The Morgan fingerprint density at radius 1 is 1.46 bits per heavy atom. The van der Waals surface area contributed by atoms with E-state index in [2.05, 4.69) is 11.8 Å². The molecule has 0 radical (unpaired) electrons. The summed E-state index contributed by atoms with van der Waals surface area (Å²) in [5.74, 6) is 5.94. The van der Waals surface area contributed by atoms with Crippen molar-refractivity contribution in [3.8, 4) is 11.8 Å². The summed E-state index contributed by atoms with van der Waals surface area (Å²) in [5, 5.41) is 9.52. The first-order valence-corrected chi connectivity index (χ1v) is 4.54. The van der Waals surface area contributed by atoms with E-state index < -0.39 is 0 Å². The molecule has 0 aliphatic carbocycles. The minimum Gasteiger partial charge on any atom is -0.392 e. The minimum absolute atomic E-state index is 0.0412. The van der Waals surface area contributed by atoms with E-state index in [4.69, 9.17) is 16.7 Å². The van der Waals surface area contributed by atoms with Gasteiger partial charge in [-0.2, -0.15) is 0 Å². The molecule has 0 unspecified atom stereocenters. The van der Waals surface area contributed by atoms with Crippen molar-refractivity contribution in [1.29, 1.82) is 0 Å². The zero-order chi connectivity index (χ0) is 9.68. The largest absolute Gasteiger partial charge is 0.392 e. The third kappa shape index (κ3) is 2.77. The molecule has 0 spiro atoms. The lowest BCUT2D eigenvalue weighted by atomic mass is 10.1. The molecule has 0 aliphatic heterocycles. The van der Waals surface area contributed by atoms with Crippen LogP contribution >= 0.6 is 11.6 Å². The molecule has 0 saturated heterocycles. The minimum atomic E-state index is -0.0412. The fourth-order valence-corrected chi connectivity index (χ4v) is 1.14. The first-order chi connectivity index (χ1) is 6.27. The number of halogens is 1. The second-order valence-corrected chi connectivity index (χ2v) is 3.03. The molecular weight excluding hydrogens is 184 g/mol. The maximum absolute atomic E-state index is 8.94. The van der Waals surface area contributed by atoms with Gasteiger partial charge < -0.3 is 5.11 Å². The molecule has 0 aliphatic rings. The monoisotopic (exact) mass is 194 g/mol. The summed E-state index contributed by atoms with van der Waals surface area (Å²) in [4.78, 5) is 0. The van der Waals surface area contributed by atoms with Crippen LogP contribution in [0.4, 0.5) is 0 Å². The summed E-state index contributed by atoms with van der Waals surface area (Å²) in [6.07, 6.45) is 0.830. The maximum Gasteiger partial charge on any atom is 0.0696 e. The molecule has 0 fully saturated rings. The number of hydrogen-bond donors (Lipinski definition) is 1. The van der Waals surface area contributed by atoms with Crippen molar-refractivity contribution in [2.75, 3.05) is 0 Å². The van der Waals surface area contributed by atoms with Crippen LogP contribution in [-0.4, -0.2) is 5.11 Å². The van der Waals surface area contributed by atoms with Crippen molar-refractivity contribution >= 4 is 11.6 Å². The van der Waals surface area contributed by atoms with E-state index in [0.717, 1.165) is 17.5 Å². The second-order valence-electron chi connectivity index (χ2n) is 2.62. The van der Waals surface area contributed by atoms with Crippen LogP contribution in [0.3, 0.4) is 0 Å². The van der Waals surface area contributed by atoms with Crippen molar-refractivity contribution in [1.82, 2.24) is 0 Å². The Balaban J connectivity index is 2.99. The molecular formula is C11H11ClO. The fourth-order valence-electron chi connectivity index (χ4n) is 0.964. The highest BCUT2D eigenvalue weighted by molar-refractivity contribution is 6.31. The summed E-state index contributed by atoms with van der Waals surface area (Å²) in [7, 11) is 0. The topological polar surface area (TPSA) is 20.2 Å². The van der Waals surface area contributed by atoms with Gasteiger partial charge in [0.15, 0.2) is 0 Å². The van der Waals surface area contributed by atoms with Gasteiger partial charge in [0.2, 0.25) is 0 Å². The van der Waals surface area contributed by atoms with E-state index in [9.17, 15) is 0 Å². The number of aliphatic hydroxyl groups excluding tert-OH is 1. The standard InChI is InChI=1S/C11H11ClO/c1-2-3-4-9-5-6-11(12)10(7-9)8-13/h5-7,13H,2,8H2,1H3. The summed E-state index contributed by atoms with van der Waals surface area (Å²) >= 11 is 5.82. The van der Waals surface area contributed by atoms with Crippen molar-refractivity contribution in [2.45, 2.75) is 20.0 Å². The molecule has 0 heterocycles. The van der Waals surface area contributed by atoms with Crippen molar-refractivity contribution in [3.63, 3.8) is 0 Å². The van der Waals surface area contributed by atoms with E-state index in [1.165, 1.54) is 0 Å². The van der Waals surface area contributed by atoms with Crippen LogP contribution in [0.2, 0.25) is 5.02 Å². The van der Waals surface area contributed by atoms with Crippen molar-refractivity contribution < 1.29 is 5.11 Å². The van der Waals surface area contributed by atoms with Gasteiger partial charge in [-0.25, -0.2) is 0 Å². The van der Waals surface area contributed by atoms with Gasteiger partial charge in [0.1, 0.15) is 0 Å². The highest BCUT2D eigenvalue weighted by Gasteiger charge is 1.98. The Hall–Kier alpha value is -0.970. The average molecular weight is 195 g/mol. The summed E-state index contributed by atoms with van der Waals surface area (Å²) in [5.41, 5.74) is 1.62. The van der Waals surface area contributed by atoms with Gasteiger partial charge in [-0.1, -0.05) is 30.4 Å². The maximum atomic E-state index is 8.94. The Morgan fingerprint density at radius 2 is 2.23 bits per heavy atom. The van der Waals surface area contributed by atoms with Crippen LogP contribution < -0.4 is 0 Å². The van der Waals surface area contributed by atoms with Crippen LogP contribution in [0.5, 0.6) is 0 Å². The van der Waals surface area contributed by atoms with Gasteiger partial charge in [-0.15, -0.1) is 0 Å². The lowest BCUT2D eigenvalue weighted by Crippen LogP contribution is -1.86. The van der Waals surface area contributed by atoms with Crippen LogP contribution in [0.25, 0.3) is 0 Å². The summed E-state index contributed by atoms with van der Waals surface area (Å²) in [6.45, 7) is 1.95. The van der Waals surface area contributed by atoms with Gasteiger partial charge >= 0.3 is 0 Å². The van der Waals surface area contributed by atoms with Gasteiger partial charge in [0, 0.05) is 17.0 Å². The molecule has 0 atom stereocenters. The van der Waals surface area contributed by atoms with Gasteiger partial charge in [0.05, 0.1) is 6.61 Å². The Morgan fingerprint density at radius 3 is 2.85 bits per heavy atom. The van der Waals surface area contributed by atoms with E-state index in [1.54, 1.807) is 6.07 Å². The third-order valence-corrected chi connectivity index (χ3v) is 1.99.